The zero-order chi connectivity index (χ0) is 21.5. The zero-order valence-electron chi connectivity index (χ0n) is 16.7. The molecule has 2 fully saturated rings. The molecular weight excluding hydrogens is 405 g/mol. The van der Waals surface area contributed by atoms with Gasteiger partial charge in [0.15, 0.2) is 6.10 Å². The first-order chi connectivity index (χ1) is 14.2. The van der Waals surface area contributed by atoms with Gasteiger partial charge in [-0.15, -0.1) is 5.10 Å². The van der Waals surface area contributed by atoms with Crippen molar-refractivity contribution in [2.75, 3.05) is 31.5 Å². The summed E-state index contributed by atoms with van der Waals surface area (Å²) < 4.78 is 44.2. The van der Waals surface area contributed by atoms with Gasteiger partial charge in [0.2, 0.25) is 11.8 Å². The molecule has 0 aliphatic carbocycles. The summed E-state index contributed by atoms with van der Waals surface area (Å²) >= 11 is 0. The lowest BCUT2D eigenvalue weighted by molar-refractivity contribution is -0.200. The number of ether oxygens (including phenoxy) is 1. The number of nitrogens with zero attached hydrogens (tertiary/aromatic N) is 5. The van der Waals surface area contributed by atoms with E-state index in [1.165, 1.54) is 4.90 Å². The first kappa shape index (κ1) is 20.7. The summed E-state index contributed by atoms with van der Waals surface area (Å²) in [6, 6.07) is 0. The van der Waals surface area contributed by atoms with Crippen LogP contribution >= 0.6 is 0 Å². The van der Waals surface area contributed by atoms with Crippen molar-refractivity contribution >= 4 is 17.9 Å². The molecule has 3 aliphatic heterocycles. The minimum Gasteiger partial charge on any atom is -0.437 e. The van der Waals surface area contributed by atoms with Gasteiger partial charge in [-0.25, -0.2) is 9.48 Å². The Kier molecular flexibility index (Phi) is 5.27. The Morgan fingerprint density at radius 2 is 1.87 bits per heavy atom. The Morgan fingerprint density at radius 3 is 2.53 bits per heavy atom. The van der Waals surface area contributed by atoms with Gasteiger partial charge in [0.25, 0.3) is 5.91 Å². The number of fused-ring (bicyclic) bond motifs is 1. The second-order valence-corrected chi connectivity index (χ2v) is 8.10. The van der Waals surface area contributed by atoms with Crippen molar-refractivity contribution in [3.8, 4) is 0 Å². The van der Waals surface area contributed by atoms with Crippen LogP contribution in [0.15, 0.2) is 0 Å². The number of likely N-dealkylation sites (tertiary alicyclic amines) is 2. The van der Waals surface area contributed by atoms with E-state index < -0.39 is 23.9 Å². The molecule has 1 aromatic heterocycles. The third-order valence-corrected chi connectivity index (χ3v) is 6.23. The maximum Gasteiger partial charge on any atom is 0.425 e. The van der Waals surface area contributed by atoms with Crippen LogP contribution in [0.3, 0.4) is 0 Å². The Labute approximate surface area is 171 Å². The van der Waals surface area contributed by atoms with Gasteiger partial charge in [-0.05, 0) is 39.0 Å². The van der Waals surface area contributed by atoms with E-state index in [0.29, 0.717) is 31.9 Å². The first-order valence-corrected chi connectivity index (χ1v) is 10.2. The minimum atomic E-state index is -4.59. The van der Waals surface area contributed by atoms with Crippen LogP contribution in [0.5, 0.6) is 0 Å². The van der Waals surface area contributed by atoms with E-state index in [2.05, 4.69) is 20.1 Å². The van der Waals surface area contributed by atoms with Gasteiger partial charge in [-0.1, -0.05) is 0 Å². The van der Waals surface area contributed by atoms with E-state index >= 15 is 0 Å². The van der Waals surface area contributed by atoms with Crippen LogP contribution in [0.25, 0.3) is 0 Å². The lowest BCUT2D eigenvalue weighted by Crippen LogP contribution is -2.55. The molecule has 0 radical (unpaired) electrons. The summed E-state index contributed by atoms with van der Waals surface area (Å²) in [5, 5.41) is 7.46. The number of carbonyl (C=O) groups is 2. The highest BCUT2D eigenvalue weighted by molar-refractivity contribution is 5.91. The molecule has 0 aromatic carbocycles. The quantitative estimate of drug-likeness (QED) is 0.774. The monoisotopic (exact) mass is 430 g/mol. The zero-order valence-corrected chi connectivity index (χ0v) is 16.7. The van der Waals surface area contributed by atoms with E-state index in [1.54, 1.807) is 9.58 Å². The van der Waals surface area contributed by atoms with Crippen molar-refractivity contribution in [1.82, 2.24) is 24.6 Å². The number of anilines is 1. The fourth-order valence-corrected chi connectivity index (χ4v) is 4.44. The minimum absolute atomic E-state index is 0.154. The van der Waals surface area contributed by atoms with E-state index in [1.807, 2.05) is 0 Å². The van der Waals surface area contributed by atoms with Crippen LogP contribution in [0.1, 0.15) is 49.6 Å². The maximum atomic E-state index is 13.1. The van der Waals surface area contributed by atoms with E-state index in [9.17, 15) is 22.8 Å². The van der Waals surface area contributed by atoms with E-state index in [0.717, 1.165) is 32.7 Å². The summed E-state index contributed by atoms with van der Waals surface area (Å²) in [4.78, 5) is 32.6. The fraction of sp³-hybridized carbons (Fsp3) is 0.778. The molecule has 1 aromatic rings. The standard InChI is InChI=1S/C18H25F3N6O3/c1-12(18(19,20)21)30-16(29)25-10-5-17(6-11-25)4-2-8-26(17)14(28)13-23-15-22-7-3-9-27(15)24-13/h12H,2-11H2,1H3,(H,22,23,24). The first-order valence-electron chi connectivity index (χ1n) is 10.2. The number of carbonyl (C=O) groups excluding carboxylic acids is 2. The second kappa shape index (κ2) is 7.62. The smallest absolute Gasteiger partial charge is 0.425 e. The molecule has 4 rings (SSSR count). The molecule has 0 saturated carbocycles. The predicted molar refractivity (Wildman–Crippen MR) is 98.9 cm³/mol. The SMILES string of the molecule is CC(OC(=O)N1CCC2(CCCN2C(=O)c2nc3n(n2)CCCN3)CC1)C(F)(F)F. The molecule has 30 heavy (non-hydrogen) atoms. The number of rotatable bonds is 2. The molecule has 2 saturated heterocycles. The largest absolute Gasteiger partial charge is 0.437 e. The number of halogens is 3. The number of hydrogen-bond donors (Lipinski definition) is 1. The normalized spacial score (nSPS) is 21.9. The molecule has 3 aliphatic rings. The molecule has 1 unspecified atom stereocenters. The van der Waals surface area contributed by atoms with Crippen molar-refractivity contribution in [1.29, 1.82) is 0 Å². The molecule has 4 heterocycles. The van der Waals surface area contributed by atoms with Crippen molar-refractivity contribution in [3.05, 3.63) is 5.82 Å². The molecule has 0 bridgehead atoms. The Bertz CT molecular complexity index is 795. The molecule has 9 nitrogen and oxygen atoms in total. The molecule has 1 N–H and O–H groups in total. The van der Waals surface area contributed by atoms with Crippen LogP contribution < -0.4 is 5.32 Å². The Morgan fingerprint density at radius 1 is 1.13 bits per heavy atom. The summed E-state index contributed by atoms with van der Waals surface area (Å²) in [5.41, 5.74) is -0.428. The van der Waals surface area contributed by atoms with E-state index in [-0.39, 0.29) is 24.8 Å². The predicted octanol–water partition coefficient (Wildman–Crippen LogP) is 2.25. The Hall–Kier alpha value is -2.53. The summed E-state index contributed by atoms with van der Waals surface area (Å²) in [6.07, 6.45) is -4.22. The summed E-state index contributed by atoms with van der Waals surface area (Å²) in [5.74, 6) is 0.508. The molecule has 12 heteroatoms. The third-order valence-electron chi connectivity index (χ3n) is 6.23. The Balaban J connectivity index is 1.41. The number of nitrogens with one attached hydrogen (secondary N) is 1. The van der Waals surface area contributed by atoms with Crippen molar-refractivity contribution < 1.29 is 27.5 Å². The lowest BCUT2D eigenvalue weighted by atomic mass is 9.85. The number of piperidine rings is 1. The van der Waals surface area contributed by atoms with Crippen molar-refractivity contribution in [2.45, 2.75) is 63.4 Å². The van der Waals surface area contributed by atoms with Crippen LogP contribution in [0, 0.1) is 0 Å². The third kappa shape index (κ3) is 3.79. The number of aryl methyl sites for hydroxylation is 1. The van der Waals surface area contributed by atoms with Gasteiger partial charge >= 0.3 is 12.3 Å². The average Bonchev–Trinajstić information content (AvgIpc) is 3.31. The highest BCUT2D eigenvalue weighted by Gasteiger charge is 2.48. The van der Waals surface area contributed by atoms with Gasteiger partial charge in [0, 0.05) is 38.3 Å². The van der Waals surface area contributed by atoms with Gasteiger partial charge in [-0.2, -0.15) is 18.2 Å². The van der Waals surface area contributed by atoms with Gasteiger partial charge in [0.1, 0.15) is 0 Å². The molecule has 1 spiro atoms. The summed E-state index contributed by atoms with van der Waals surface area (Å²) in [6.45, 7) is 3.36. The molecule has 1 atom stereocenters. The summed E-state index contributed by atoms with van der Waals surface area (Å²) in [7, 11) is 0. The number of amides is 2. The topological polar surface area (TPSA) is 92.6 Å². The van der Waals surface area contributed by atoms with E-state index in [4.69, 9.17) is 0 Å². The van der Waals surface area contributed by atoms with Crippen LogP contribution in [0.2, 0.25) is 0 Å². The average molecular weight is 430 g/mol. The highest BCUT2D eigenvalue weighted by Crippen LogP contribution is 2.39. The lowest BCUT2D eigenvalue weighted by Gasteiger charge is -2.44. The molecule has 2 amide bonds. The number of hydrogen-bond acceptors (Lipinski definition) is 6. The van der Waals surface area contributed by atoms with Gasteiger partial charge in [-0.3, -0.25) is 4.79 Å². The second-order valence-electron chi connectivity index (χ2n) is 8.10. The van der Waals surface area contributed by atoms with Crippen molar-refractivity contribution in [2.24, 2.45) is 0 Å². The maximum absolute atomic E-state index is 13.1. The van der Waals surface area contributed by atoms with Crippen LogP contribution in [-0.4, -0.2) is 80.6 Å². The van der Waals surface area contributed by atoms with Gasteiger partial charge in [0.05, 0.1) is 0 Å². The molecular formula is C18H25F3N6O3. The van der Waals surface area contributed by atoms with Crippen molar-refractivity contribution in [3.63, 3.8) is 0 Å². The highest BCUT2D eigenvalue weighted by atomic mass is 19.4. The fourth-order valence-electron chi connectivity index (χ4n) is 4.44. The van der Waals surface area contributed by atoms with Crippen LogP contribution in [-0.2, 0) is 11.3 Å². The molecule has 166 valence electrons. The van der Waals surface area contributed by atoms with Crippen LogP contribution in [0.4, 0.5) is 23.9 Å². The van der Waals surface area contributed by atoms with Gasteiger partial charge < -0.3 is 19.9 Å². The number of aromatic nitrogens is 3. The number of alkyl halides is 3.